The van der Waals surface area contributed by atoms with Crippen molar-refractivity contribution in [3.63, 3.8) is 0 Å². The predicted molar refractivity (Wildman–Crippen MR) is 92.2 cm³/mol. The summed E-state index contributed by atoms with van der Waals surface area (Å²) in [6, 6.07) is 10.2. The number of nitrogens with one attached hydrogen (secondary N) is 1. The molecule has 4 heteroatoms. The molecule has 0 bridgehead atoms. The maximum absolute atomic E-state index is 12.4. The average molecular weight is 319 g/mol. The van der Waals surface area contributed by atoms with Crippen molar-refractivity contribution in [2.75, 3.05) is 0 Å². The quantitative estimate of drug-likeness (QED) is 0.730. The summed E-state index contributed by atoms with van der Waals surface area (Å²) in [4.78, 5) is 23.4. The van der Waals surface area contributed by atoms with Crippen LogP contribution in [0.1, 0.15) is 52.5 Å². The highest BCUT2D eigenvalue weighted by Crippen LogP contribution is 2.22. The van der Waals surface area contributed by atoms with Crippen LogP contribution in [-0.4, -0.2) is 22.5 Å². The zero-order valence-corrected chi connectivity index (χ0v) is 14.6. The Morgan fingerprint density at radius 3 is 2.30 bits per heavy atom. The molecule has 0 aliphatic carbocycles. The van der Waals surface area contributed by atoms with Gasteiger partial charge in [-0.1, -0.05) is 51.1 Å². The Kier molecular flexibility index (Phi) is 7.27. The first kappa shape index (κ1) is 19.2. The first-order valence-corrected chi connectivity index (χ1v) is 8.32. The lowest BCUT2D eigenvalue weighted by atomic mass is 9.84. The van der Waals surface area contributed by atoms with E-state index in [0.717, 1.165) is 19.3 Å². The van der Waals surface area contributed by atoms with E-state index in [1.54, 1.807) is 6.92 Å². The van der Waals surface area contributed by atoms with Crippen molar-refractivity contribution in [3.05, 3.63) is 35.9 Å². The monoisotopic (exact) mass is 319 g/mol. The molecule has 23 heavy (non-hydrogen) atoms. The highest BCUT2D eigenvalue weighted by atomic mass is 16.4. The van der Waals surface area contributed by atoms with Crippen LogP contribution < -0.4 is 5.32 Å². The molecule has 0 saturated heterocycles. The van der Waals surface area contributed by atoms with Gasteiger partial charge in [0, 0.05) is 11.5 Å². The molecule has 2 unspecified atom stereocenters. The van der Waals surface area contributed by atoms with Gasteiger partial charge < -0.3 is 10.4 Å². The van der Waals surface area contributed by atoms with E-state index in [4.69, 9.17) is 5.11 Å². The fourth-order valence-electron chi connectivity index (χ4n) is 2.50. The number of hydrogen-bond acceptors (Lipinski definition) is 2. The SMILES string of the molecule is CC(CCCc1ccccc1)C(=O)NC(C)(CC(=O)O)C(C)C. The largest absolute Gasteiger partial charge is 0.481 e. The Labute approximate surface area is 139 Å². The van der Waals surface area contributed by atoms with Gasteiger partial charge >= 0.3 is 5.97 Å². The van der Waals surface area contributed by atoms with Crippen LogP contribution in [0, 0.1) is 11.8 Å². The van der Waals surface area contributed by atoms with Crippen molar-refractivity contribution in [2.24, 2.45) is 11.8 Å². The number of carboxylic acid groups (broad SMARTS) is 1. The maximum atomic E-state index is 12.4. The first-order chi connectivity index (χ1) is 10.7. The van der Waals surface area contributed by atoms with Gasteiger partial charge in [-0.3, -0.25) is 9.59 Å². The second-order valence-electron chi connectivity index (χ2n) is 6.91. The van der Waals surface area contributed by atoms with Gasteiger partial charge in [0.1, 0.15) is 0 Å². The Morgan fingerprint density at radius 2 is 1.78 bits per heavy atom. The summed E-state index contributed by atoms with van der Waals surface area (Å²) in [5.41, 5.74) is 0.564. The molecule has 2 atom stereocenters. The summed E-state index contributed by atoms with van der Waals surface area (Å²) >= 11 is 0. The van der Waals surface area contributed by atoms with Gasteiger partial charge in [-0.15, -0.1) is 0 Å². The summed E-state index contributed by atoms with van der Waals surface area (Å²) in [7, 11) is 0. The standard InChI is InChI=1S/C19H29NO3/c1-14(2)19(4,13-17(21)22)20-18(23)15(3)9-8-12-16-10-6-5-7-11-16/h5-7,10-11,14-15H,8-9,12-13H2,1-4H3,(H,20,23)(H,21,22). The molecule has 0 aliphatic heterocycles. The van der Waals surface area contributed by atoms with Gasteiger partial charge in [0.25, 0.3) is 0 Å². The van der Waals surface area contributed by atoms with Crippen LogP contribution in [0.15, 0.2) is 30.3 Å². The summed E-state index contributed by atoms with van der Waals surface area (Å²) < 4.78 is 0. The molecular formula is C19H29NO3. The summed E-state index contributed by atoms with van der Waals surface area (Å²) in [5.74, 6) is -1.02. The van der Waals surface area contributed by atoms with E-state index >= 15 is 0 Å². The number of carbonyl (C=O) groups excluding carboxylic acids is 1. The number of amides is 1. The van der Waals surface area contributed by atoms with E-state index in [2.05, 4.69) is 17.4 Å². The molecule has 0 aromatic heterocycles. The van der Waals surface area contributed by atoms with Gasteiger partial charge in [-0.05, 0) is 37.7 Å². The van der Waals surface area contributed by atoms with Gasteiger partial charge in [-0.25, -0.2) is 0 Å². The predicted octanol–water partition coefficient (Wildman–Crippen LogP) is 3.65. The van der Waals surface area contributed by atoms with Crippen LogP contribution in [0.3, 0.4) is 0 Å². The van der Waals surface area contributed by atoms with E-state index in [-0.39, 0.29) is 24.2 Å². The summed E-state index contributed by atoms with van der Waals surface area (Å²) in [6.07, 6.45) is 2.63. The van der Waals surface area contributed by atoms with Gasteiger partial charge in [0.2, 0.25) is 5.91 Å². The van der Waals surface area contributed by atoms with Crippen molar-refractivity contribution in [1.82, 2.24) is 5.32 Å². The fourth-order valence-corrected chi connectivity index (χ4v) is 2.50. The highest BCUT2D eigenvalue weighted by Gasteiger charge is 2.33. The molecule has 0 radical (unpaired) electrons. The number of aryl methyl sites for hydroxylation is 1. The van der Waals surface area contributed by atoms with Crippen molar-refractivity contribution in [3.8, 4) is 0 Å². The van der Waals surface area contributed by atoms with E-state index in [0.29, 0.717) is 0 Å². The van der Waals surface area contributed by atoms with Crippen LogP contribution in [0.25, 0.3) is 0 Å². The summed E-state index contributed by atoms with van der Waals surface area (Å²) in [6.45, 7) is 7.58. The minimum atomic E-state index is -0.891. The topological polar surface area (TPSA) is 66.4 Å². The van der Waals surface area contributed by atoms with Crippen LogP contribution in [0.5, 0.6) is 0 Å². The molecule has 128 valence electrons. The Bertz CT molecular complexity index is 513. The van der Waals surface area contributed by atoms with Gasteiger partial charge in [-0.2, -0.15) is 0 Å². The first-order valence-electron chi connectivity index (χ1n) is 8.32. The second kappa shape index (κ2) is 8.70. The molecule has 1 aromatic carbocycles. The number of rotatable bonds is 9. The van der Waals surface area contributed by atoms with Crippen molar-refractivity contribution in [2.45, 2.75) is 58.9 Å². The van der Waals surface area contributed by atoms with E-state index in [1.807, 2.05) is 39.0 Å². The average Bonchev–Trinajstić information content (AvgIpc) is 2.47. The molecule has 0 heterocycles. The molecule has 0 fully saturated rings. The third-order valence-electron chi connectivity index (χ3n) is 4.59. The van der Waals surface area contributed by atoms with Gasteiger partial charge in [0.05, 0.1) is 6.42 Å². The van der Waals surface area contributed by atoms with Crippen molar-refractivity contribution >= 4 is 11.9 Å². The Morgan fingerprint density at radius 1 is 1.17 bits per heavy atom. The lowest BCUT2D eigenvalue weighted by molar-refractivity contribution is -0.139. The molecule has 2 N–H and O–H groups in total. The second-order valence-corrected chi connectivity index (χ2v) is 6.91. The fraction of sp³-hybridized carbons (Fsp3) is 0.579. The van der Waals surface area contributed by atoms with E-state index in [1.165, 1.54) is 5.56 Å². The minimum absolute atomic E-state index is 0.0547. The van der Waals surface area contributed by atoms with E-state index in [9.17, 15) is 9.59 Å². The highest BCUT2D eigenvalue weighted by molar-refractivity contribution is 5.80. The third-order valence-corrected chi connectivity index (χ3v) is 4.59. The lowest BCUT2D eigenvalue weighted by Gasteiger charge is -2.34. The van der Waals surface area contributed by atoms with Crippen molar-refractivity contribution in [1.29, 1.82) is 0 Å². The molecule has 1 aromatic rings. The molecule has 0 aliphatic rings. The maximum Gasteiger partial charge on any atom is 0.305 e. The molecule has 1 amide bonds. The van der Waals surface area contributed by atoms with Crippen molar-refractivity contribution < 1.29 is 14.7 Å². The molecule has 1 rings (SSSR count). The minimum Gasteiger partial charge on any atom is -0.481 e. The molecule has 0 spiro atoms. The smallest absolute Gasteiger partial charge is 0.305 e. The number of aliphatic carboxylic acids is 1. The number of carbonyl (C=O) groups is 2. The number of benzene rings is 1. The number of carboxylic acids is 1. The normalized spacial score (nSPS) is 15.0. The van der Waals surface area contributed by atoms with Gasteiger partial charge in [0.15, 0.2) is 0 Å². The molecule has 0 saturated carbocycles. The molecule has 4 nitrogen and oxygen atoms in total. The van der Waals surface area contributed by atoms with Crippen LogP contribution >= 0.6 is 0 Å². The molecular weight excluding hydrogens is 290 g/mol. The van der Waals surface area contributed by atoms with Crippen LogP contribution in [-0.2, 0) is 16.0 Å². The van der Waals surface area contributed by atoms with E-state index < -0.39 is 11.5 Å². The van der Waals surface area contributed by atoms with Crippen LogP contribution in [0.4, 0.5) is 0 Å². The third kappa shape index (κ3) is 6.43. The zero-order chi connectivity index (χ0) is 17.5. The van der Waals surface area contributed by atoms with Crippen LogP contribution in [0.2, 0.25) is 0 Å². The summed E-state index contributed by atoms with van der Waals surface area (Å²) in [5, 5.41) is 12.0. The zero-order valence-electron chi connectivity index (χ0n) is 14.6. The Balaban J connectivity index is 2.50. The Hall–Kier alpha value is -1.84. The lowest BCUT2D eigenvalue weighted by Crippen LogP contribution is -2.52. The number of hydrogen-bond donors (Lipinski definition) is 2.